The van der Waals surface area contributed by atoms with Crippen molar-refractivity contribution in [3.8, 4) is 16.8 Å². The lowest BCUT2D eigenvalue weighted by molar-refractivity contribution is 0.103. The van der Waals surface area contributed by atoms with Gasteiger partial charge in [-0.3, -0.25) is 4.79 Å². The summed E-state index contributed by atoms with van der Waals surface area (Å²) >= 11 is 1.48. The van der Waals surface area contributed by atoms with Crippen molar-refractivity contribution >= 4 is 22.9 Å². The van der Waals surface area contributed by atoms with Crippen molar-refractivity contribution in [3.05, 3.63) is 93.9 Å². The summed E-state index contributed by atoms with van der Waals surface area (Å²) in [6.45, 7) is 6.17. The summed E-state index contributed by atoms with van der Waals surface area (Å²) in [5.41, 5.74) is 7.41. The zero-order valence-electron chi connectivity index (χ0n) is 16.2. The van der Waals surface area contributed by atoms with Gasteiger partial charge in [-0.25, -0.2) is 0 Å². The Morgan fingerprint density at radius 2 is 1.71 bits per heavy atom. The number of rotatable bonds is 4. The summed E-state index contributed by atoms with van der Waals surface area (Å²) < 4.78 is 2.02. The Morgan fingerprint density at radius 3 is 2.46 bits per heavy atom. The van der Waals surface area contributed by atoms with E-state index < -0.39 is 0 Å². The van der Waals surface area contributed by atoms with Gasteiger partial charge in [0.15, 0.2) is 0 Å². The smallest absolute Gasteiger partial charge is 0.267 e. The van der Waals surface area contributed by atoms with E-state index in [4.69, 9.17) is 0 Å². The molecule has 2 aromatic heterocycles. The number of aromatic nitrogens is 1. The first-order chi connectivity index (χ1) is 13.5. The second-order valence-electron chi connectivity index (χ2n) is 6.99. The molecule has 4 aromatic rings. The van der Waals surface area contributed by atoms with E-state index in [1.54, 1.807) is 0 Å². The van der Waals surface area contributed by atoms with Crippen molar-refractivity contribution in [2.24, 2.45) is 0 Å². The fourth-order valence-corrected chi connectivity index (χ4v) is 4.30. The molecule has 0 bridgehead atoms. The molecule has 1 amide bonds. The molecule has 0 atom stereocenters. The number of benzene rings is 2. The maximum atomic E-state index is 13.2. The molecular formula is C24H22N2OS. The van der Waals surface area contributed by atoms with E-state index in [0.29, 0.717) is 4.88 Å². The Morgan fingerprint density at radius 1 is 0.964 bits per heavy atom. The third-order valence-electron chi connectivity index (χ3n) is 5.02. The molecular weight excluding hydrogens is 364 g/mol. The molecule has 4 heteroatoms. The molecule has 2 heterocycles. The topological polar surface area (TPSA) is 34.0 Å². The van der Waals surface area contributed by atoms with E-state index in [1.165, 1.54) is 16.9 Å². The molecule has 0 aliphatic heterocycles. The Labute approximate surface area is 169 Å². The quantitative estimate of drug-likeness (QED) is 0.434. The highest BCUT2D eigenvalue weighted by Gasteiger charge is 2.21. The number of carbonyl (C=O) groups is 1. The van der Waals surface area contributed by atoms with Gasteiger partial charge in [-0.2, -0.15) is 0 Å². The predicted molar refractivity (Wildman–Crippen MR) is 118 cm³/mol. The SMILES string of the molecule is Cc1cccc(-c2csc(C(=O)Nc3cccc(C)c3C)c2-n2cccc2)c1. The highest BCUT2D eigenvalue weighted by molar-refractivity contribution is 7.13. The maximum Gasteiger partial charge on any atom is 0.267 e. The fourth-order valence-electron chi connectivity index (χ4n) is 3.34. The molecule has 28 heavy (non-hydrogen) atoms. The lowest BCUT2D eigenvalue weighted by Crippen LogP contribution is -2.14. The summed E-state index contributed by atoms with van der Waals surface area (Å²) in [7, 11) is 0. The first-order valence-electron chi connectivity index (χ1n) is 9.24. The van der Waals surface area contributed by atoms with E-state index in [9.17, 15) is 4.79 Å². The molecule has 0 radical (unpaired) electrons. The average Bonchev–Trinajstić information content (AvgIpc) is 3.34. The van der Waals surface area contributed by atoms with Crippen LogP contribution in [0.1, 0.15) is 26.4 Å². The average molecular weight is 387 g/mol. The van der Waals surface area contributed by atoms with Crippen LogP contribution >= 0.6 is 11.3 Å². The Balaban J connectivity index is 1.79. The van der Waals surface area contributed by atoms with Crippen LogP contribution in [0.4, 0.5) is 5.69 Å². The monoisotopic (exact) mass is 386 g/mol. The first kappa shape index (κ1) is 18.3. The number of nitrogens with zero attached hydrogens (tertiary/aromatic N) is 1. The summed E-state index contributed by atoms with van der Waals surface area (Å²) in [5, 5.41) is 5.18. The van der Waals surface area contributed by atoms with Crippen molar-refractivity contribution < 1.29 is 4.79 Å². The van der Waals surface area contributed by atoms with E-state index in [-0.39, 0.29) is 5.91 Å². The lowest BCUT2D eigenvalue weighted by Gasteiger charge is -2.12. The third kappa shape index (κ3) is 3.39. The summed E-state index contributed by atoms with van der Waals surface area (Å²) in [6.07, 6.45) is 3.96. The van der Waals surface area contributed by atoms with Crippen LogP contribution in [0, 0.1) is 20.8 Å². The van der Waals surface area contributed by atoms with Crippen LogP contribution in [0.15, 0.2) is 72.4 Å². The molecule has 0 fully saturated rings. The van der Waals surface area contributed by atoms with Crippen LogP contribution in [-0.4, -0.2) is 10.5 Å². The minimum atomic E-state index is -0.0821. The Bertz CT molecular complexity index is 1140. The molecule has 2 aromatic carbocycles. The van der Waals surface area contributed by atoms with E-state index in [0.717, 1.165) is 33.6 Å². The van der Waals surface area contributed by atoms with Gasteiger partial charge in [-0.1, -0.05) is 42.0 Å². The number of anilines is 1. The zero-order valence-corrected chi connectivity index (χ0v) is 17.0. The van der Waals surface area contributed by atoms with Crippen LogP contribution in [-0.2, 0) is 0 Å². The molecule has 0 aliphatic carbocycles. The molecule has 1 N–H and O–H groups in total. The van der Waals surface area contributed by atoms with E-state index in [1.807, 2.05) is 48.1 Å². The standard InChI is InChI=1S/C24H22N2OS/c1-16-8-6-10-19(14-16)20-15-28-23(22(20)26-12-4-5-13-26)24(27)25-21-11-7-9-17(2)18(21)3/h4-15H,1-3H3,(H,25,27). The van der Waals surface area contributed by atoms with E-state index >= 15 is 0 Å². The van der Waals surface area contributed by atoms with Crippen molar-refractivity contribution in [2.45, 2.75) is 20.8 Å². The van der Waals surface area contributed by atoms with Crippen LogP contribution in [0.2, 0.25) is 0 Å². The van der Waals surface area contributed by atoms with Gasteiger partial charge in [-0.05, 0) is 55.7 Å². The number of thiophene rings is 1. The molecule has 0 unspecified atom stereocenters. The minimum Gasteiger partial charge on any atom is -0.322 e. The number of nitrogens with one attached hydrogen (secondary N) is 1. The summed E-state index contributed by atoms with van der Waals surface area (Å²) in [4.78, 5) is 13.9. The minimum absolute atomic E-state index is 0.0821. The van der Waals surface area contributed by atoms with Gasteiger partial charge < -0.3 is 9.88 Å². The number of amides is 1. The second kappa shape index (κ2) is 7.49. The van der Waals surface area contributed by atoms with Crippen molar-refractivity contribution in [1.29, 1.82) is 0 Å². The van der Waals surface area contributed by atoms with Gasteiger partial charge in [0, 0.05) is 29.0 Å². The van der Waals surface area contributed by atoms with Gasteiger partial charge in [0.25, 0.3) is 5.91 Å². The number of carbonyl (C=O) groups excluding carboxylic acids is 1. The molecule has 0 saturated heterocycles. The normalized spacial score (nSPS) is 10.8. The maximum absolute atomic E-state index is 13.2. The number of aryl methyl sites for hydroxylation is 2. The highest BCUT2D eigenvalue weighted by Crippen LogP contribution is 2.36. The molecule has 4 rings (SSSR count). The van der Waals surface area contributed by atoms with Crippen LogP contribution in [0.25, 0.3) is 16.8 Å². The van der Waals surface area contributed by atoms with Gasteiger partial charge in [0.2, 0.25) is 0 Å². The van der Waals surface area contributed by atoms with Crippen molar-refractivity contribution in [3.63, 3.8) is 0 Å². The second-order valence-corrected chi connectivity index (χ2v) is 7.87. The molecule has 0 spiro atoms. The van der Waals surface area contributed by atoms with Gasteiger partial charge in [-0.15, -0.1) is 11.3 Å². The summed E-state index contributed by atoms with van der Waals surface area (Å²) in [5.74, 6) is -0.0821. The van der Waals surface area contributed by atoms with Crippen LogP contribution in [0.3, 0.4) is 0 Å². The fraction of sp³-hybridized carbons (Fsp3) is 0.125. The number of hydrogen-bond donors (Lipinski definition) is 1. The third-order valence-corrected chi connectivity index (χ3v) is 5.98. The molecule has 0 aliphatic rings. The van der Waals surface area contributed by atoms with Crippen LogP contribution < -0.4 is 5.32 Å². The summed E-state index contributed by atoms with van der Waals surface area (Å²) in [6, 6.07) is 18.3. The Kier molecular flexibility index (Phi) is 4.88. The number of hydrogen-bond acceptors (Lipinski definition) is 2. The van der Waals surface area contributed by atoms with Gasteiger partial charge in [0.1, 0.15) is 4.88 Å². The molecule has 3 nitrogen and oxygen atoms in total. The largest absolute Gasteiger partial charge is 0.322 e. The van der Waals surface area contributed by atoms with Crippen LogP contribution in [0.5, 0.6) is 0 Å². The first-order valence-corrected chi connectivity index (χ1v) is 10.1. The van der Waals surface area contributed by atoms with Crippen molar-refractivity contribution in [2.75, 3.05) is 5.32 Å². The zero-order chi connectivity index (χ0) is 19.7. The highest BCUT2D eigenvalue weighted by atomic mass is 32.1. The Hall–Kier alpha value is -3.11. The molecule has 0 saturated carbocycles. The predicted octanol–water partition coefficient (Wildman–Crippen LogP) is 6.38. The van der Waals surface area contributed by atoms with E-state index in [2.05, 4.69) is 54.9 Å². The van der Waals surface area contributed by atoms with Gasteiger partial charge in [0.05, 0.1) is 5.69 Å². The molecule has 140 valence electrons. The van der Waals surface area contributed by atoms with Crippen molar-refractivity contribution in [1.82, 2.24) is 4.57 Å². The van der Waals surface area contributed by atoms with Gasteiger partial charge >= 0.3 is 0 Å². The lowest BCUT2D eigenvalue weighted by atomic mass is 10.0.